The Morgan fingerprint density at radius 2 is 2.12 bits per heavy atom. The zero-order chi connectivity index (χ0) is 11.7. The Morgan fingerprint density at radius 1 is 1.38 bits per heavy atom. The van der Waals surface area contributed by atoms with Crippen LogP contribution in [-0.2, 0) is 0 Å². The van der Waals surface area contributed by atoms with Crippen LogP contribution < -0.4 is 0 Å². The van der Waals surface area contributed by atoms with Gasteiger partial charge in [0.1, 0.15) is 11.5 Å². The summed E-state index contributed by atoms with van der Waals surface area (Å²) in [6, 6.07) is 0. The molecule has 2 heterocycles. The van der Waals surface area contributed by atoms with Gasteiger partial charge in [-0.15, -0.1) is 0 Å². The van der Waals surface area contributed by atoms with Crippen molar-refractivity contribution in [2.75, 3.05) is 0 Å². The summed E-state index contributed by atoms with van der Waals surface area (Å²) in [6.07, 6.45) is 1.42. The minimum absolute atomic E-state index is 0.286. The van der Waals surface area contributed by atoms with Gasteiger partial charge in [0.05, 0.1) is 9.26 Å². The van der Waals surface area contributed by atoms with E-state index in [4.69, 9.17) is 11.6 Å². The van der Waals surface area contributed by atoms with Gasteiger partial charge >= 0.3 is 0 Å². The lowest BCUT2D eigenvalue weighted by atomic mass is 10.1. The summed E-state index contributed by atoms with van der Waals surface area (Å²) in [4.78, 5) is 12.6. The zero-order valence-corrected chi connectivity index (χ0v) is 11.6. The van der Waals surface area contributed by atoms with Crippen molar-refractivity contribution in [2.45, 2.75) is 19.8 Å². The highest BCUT2D eigenvalue weighted by Crippen LogP contribution is 2.26. The van der Waals surface area contributed by atoms with E-state index in [1.54, 1.807) is 0 Å². The summed E-state index contributed by atoms with van der Waals surface area (Å²) in [7, 11) is 0. The van der Waals surface area contributed by atoms with E-state index < -0.39 is 0 Å². The number of nitrogens with one attached hydrogen (secondary N) is 1. The van der Waals surface area contributed by atoms with Gasteiger partial charge in [-0.3, -0.25) is 5.10 Å². The van der Waals surface area contributed by atoms with Gasteiger partial charge in [0.15, 0.2) is 11.6 Å². The summed E-state index contributed by atoms with van der Waals surface area (Å²) in [6.45, 7) is 4.12. The monoisotopic (exact) mass is 349 g/mol. The molecule has 0 aliphatic rings. The topological polar surface area (TPSA) is 67.3 Å². The molecule has 0 unspecified atom stereocenters. The van der Waals surface area contributed by atoms with Crippen LogP contribution in [0.5, 0.6) is 0 Å². The smallest absolute Gasteiger partial charge is 0.198 e. The summed E-state index contributed by atoms with van der Waals surface area (Å²) in [5.41, 5.74) is 0.923. The largest absolute Gasteiger partial charge is 0.257 e. The number of halogens is 2. The predicted molar refractivity (Wildman–Crippen MR) is 69.2 cm³/mol. The molecular weight excluding hydrogens is 340 g/mol. The molecule has 0 aliphatic heterocycles. The Morgan fingerprint density at radius 3 is 2.69 bits per heavy atom. The molecule has 2 rings (SSSR count). The average Bonchev–Trinajstić information content (AvgIpc) is 2.74. The SMILES string of the molecule is CC(C)c1nc(-c2ncn[nH]2)nc(Cl)c1I. The number of hydrogen-bond donors (Lipinski definition) is 1. The van der Waals surface area contributed by atoms with Crippen molar-refractivity contribution in [1.82, 2.24) is 25.1 Å². The zero-order valence-electron chi connectivity index (χ0n) is 8.70. The highest BCUT2D eigenvalue weighted by Gasteiger charge is 2.15. The fourth-order valence-electron chi connectivity index (χ4n) is 1.24. The molecule has 0 aromatic carbocycles. The van der Waals surface area contributed by atoms with E-state index in [1.807, 2.05) is 0 Å². The molecule has 84 valence electrons. The fourth-order valence-corrected chi connectivity index (χ4v) is 2.28. The van der Waals surface area contributed by atoms with Gasteiger partial charge in [0.25, 0.3) is 0 Å². The Balaban J connectivity index is 2.57. The highest BCUT2D eigenvalue weighted by molar-refractivity contribution is 14.1. The second-order valence-corrected chi connectivity index (χ2v) is 4.96. The van der Waals surface area contributed by atoms with Crippen molar-refractivity contribution in [3.05, 3.63) is 20.7 Å². The molecular formula is C9H9ClIN5. The lowest BCUT2D eigenvalue weighted by Gasteiger charge is -2.09. The summed E-state index contributed by atoms with van der Waals surface area (Å²) in [5, 5.41) is 6.93. The Kier molecular flexibility index (Phi) is 3.38. The summed E-state index contributed by atoms with van der Waals surface area (Å²) >= 11 is 8.21. The minimum atomic E-state index is 0.286. The first-order valence-electron chi connectivity index (χ1n) is 4.68. The van der Waals surface area contributed by atoms with Gasteiger partial charge in [-0.2, -0.15) is 5.10 Å². The van der Waals surface area contributed by atoms with E-state index in [1.165, 1.54) is 6.33 Å². The fraction of sp³-hybridized carbons (Fsp3) is 0.333. The van der Waals surface area contributed by atoms with Crippen LogP contribution in [0.15, 0.2) is 6.33 Å². The van der Waals surface area contributed by atoms with Gasteiger partial charge in [0, 0.05) is 0 Å². The van der Waals surface area contributed by atoms with Crippen LogP contribution in [0.25, 0.3) is 11.6 Å². The molecule has 0 saturated carbocycles. The van der Waals surface area contributed by atoms with E-state index in [9.17, 15) is 0 Å². The summed E-state index contributed by atoms with van der Waals surface area (Å²) in [5.74, 6) is 1.29. The van der Waals surface area contributed by atoms with Crippen molar-refractivity contribution >= 4 is 34.2 Å². The van der Waals surface area contributed by atoms with Crippen LogP contribution in [0.3, 0.4) is 0 Å². The number of H-pyrrole nitrogens is 1. The van der Waals surface area contributed by atoms with Gasteiger partial charge in [-0.25, -0.2) is 15.0 Å². The van der Waals surface area contributed by atoms with E-state index >= 15 is 0 Å². The third kappa shape index (κ3) is 2.17. The van der Waals surface area contributed by atoms with Crippen molar-refractivity contribution < 1.29 is 0 Å². The number of aromatic amines is 1. The van der Waals surface area contributed by atoms with Gasteiger partial charge in [-0.1, -0.05) is 25.4 Å². The van der Waals surface area contributed by atoms with Crippen LogP contribution in [0.4, 0.5) is 0 Å². The molecule has 1 N–H and O–H groups in total. The van der Waals surface area contributed by atoms with Crippen molar-refractivity contribution in [3.8, 4) is 11.6 Å². The van der Waals surface area contributed by atoms with Gasteiger partial charge in [0.2, 0.25) is 0 Å². The maximum atomic E-state index is 6.06. The first kappa shape index (κ1) is 11.7. The van der Waals surface area contributed by atoms with E-state index in [-0.39, 0.29) is 5.92 Å². The van der Waals surface area contributed by atoms with Crippen LogP contribution in [0.2, 0.25) is 5.15 Å². The molecule has 0 fully saturated rings. The van der Waals surface area contributed by atoms with Crippen molar-refractivity contribution in [1.29, 1.82) is 0 Å². The third-order valence-corrected chi connectivity index (χ3v) is 3.67. The van der Waals surface area contributed by atoms with Gasteiger partial charge in [-0.05, 0) is 28.5 Å². The van der Waals surface area contributed by atoms with E-state index in [2.05, 4.69) is 61.6 Å². The summed E-state index contributed by atoms with van der Waals surface area (Å²) < 4.78 is 0.887. The van der Waals surface area contributed by atoms with Crippen LogP contribution >= 0.6 is 34.2 Å². The molecule has 2 aromatic heterocycles. The molecule has 0 amide bonds. The van der Waals surface area contributed by atoms with E-state index in [0.717, 1.165) is 9.26 Å². The maximum Gasteiger partial charge on any atom is 0.198 e. The molecule has 0 bridgehead atoms. The predicted octanol–water partition coefficient (Wildman–Crippen LogP) is 2.64. The third-order valence-electron chi connectivity index (χ3n) is 2.01. The molecule has 16 heavy (non-hydrogen) atoms. The number of aromatic nitrogens is 5. The van der Waals surface area contributed by atoms with Gasteiger partial charge < -0.3 is 0 Å². The molecule has 0 atom stereocenters. The number of rotatable bonds is 2. The number of nitrogens with zero attached hydrogens (tertiary/aromatic N) is 4. The Labute approximate surface area is 111 Å². The lowest BCUT2D eigenvalue weighted by Crippen LogP contribution is -2.03. The first-order valence-corrected chi connectivity index (χ1v) is 6.14. The average molecular weight is 350 g/mol. The molecule has 0 saturated heterocycles. The maximum absolute atomic E-state index is 6.06. The molecule has 0 aliphatic carbocycles. The Bertz CT molecular complexity index is 497. The minimum Gasteiger partial charge on any atom is -0.257 e. The molecule has 0 spiro atoms. The second kappa shape index (κ2) is 4.62. The molecule has 5 nitrogen and oxygen atoms in total. The normalized spacial score (nSPS) is 11.1. The van der Waals surface area contributed by atoms with Crippen LogP contribution in [-0.4, -0.2) is 25.1 Å². The van der Waals surface area contributed by atoms with Crippen molar-refractivity contribution in [3.63, 3.8) is 0 Å². The standard InChI is InChI=1S/C9H9ClIN5/c1-4(2)6-5(11)7(10)15-9(14-6)8-12-3-13-16-8/h3-4H,1-2H3,(H,12,13,16). The molecule has 0 radical (unpaired) electrons. The quantitative estimate of drug-likeness (QED) is 0.668. The van der Waals surface area contributed by atoms with E-state index in [0.29, 0.717) is 16.8 Å². The van der Waals surface area contributed by atoms with Crippen LogP contribution in [0, 0.1) is 3.57 Å². The second-order valence-electron chi connectivity index (χ2n) is 3.53. The Hall–Kier alpha value is -0.760. The van der Waals surface area contributed by atoms with Crippen LogP contribution in [0.1, 0.15) is 25.5 Å². The first-order chi connectivity index (χ1) is 7.59. The molecule has 2 aromatic rings. The number of hydrogen-bond acceptors (Lipinski definition) is 4. The lowest BCUT2D eigenvalue weighted by molar-refractivity contribution is 0.806. The van der Waals surface area contributed by atoms with Crippen molar-refractivity contribution in [2.24, 2.45) is 0 Å². The highest BCUT2D eigenvalue weighted by atomic mass is 127. The molecule has 7 heteroatoms.